The van der Waals surface area contributed by atoms with Gasteiger partial charge in [0.15, 0.2) is 0 Å². The summed E-state index contributed by atoms with van der Waals surface area (Å²) in [4.78, 5) is 1.40. The largest absolute Gasteiger partial charge is 0.309 e. The van der Waals surface area contributed by atoms with Crippen molar-refractivity contribution in [2.24, 2.45) is 0 Å². The number of nitrogens with one attached hydrogen (secondary N) is 3. The van der Waals surface area contributed by atoms with E-state index in [-0.39, 0.29) is 18.5 Å². The number of hydrogen-bond donors (Lipinski definition) is 3. The summed E-state index contributed by atoms with van der Waals surface area (Å²) < 4.78 is 3.78. The zero-order chi connectivity index (χ0) is 34.6. The molecule has 250 valence electrons. The molecule has 0 radical (unpaired) electrons. The number of rotatable bonds is 5. The summed E-state index contributed by atoms with van der Waals surface area (Å²) >= 11 is 1.92. The Kier molecular flexibility index (Phi) is 7.59. The molecule has 10 rings (SSSR count). The zero-order valence-corrected chi connectivity index (χ0v) is 29.2. The summed E-state index contributed by atoms with van der Waals surface area (Å²) in [7, 11) is 0. The number of allylic oxidation sites excluding steroid dienone is 1. The van der Waals surface area contributed by atoms with E-state index in [2.05, 4.69) is 154 Å². The Balaban J connectivity index is 1.05. The second kappa shape index (κ2) is 12.8. The minimum atomic E-state index is -0.158. The monoisotopic (exact) mass is 689 g/mol. The van der Waals surface area contributed by atoms with Gasteiger partial charge in [-0.25, -0.2) is 0 Å². The van der Waals surface area contributed by atoms with Crippen molar-refractivity contribution in [1.82, 2.24) is 20.5 Å². The normalized spacial score (nSPS) is 18.5. The number of nitrogens with zero attached hydrogens (tertiary/aromatic N) is 2. The Bertz CT molecular complexity index is 2700. The number of benzene rings is 6. The van der Waals surface area contributed by atoms with Crippen LogP contribution in [0.2, 0.25) is 0 Å². The van der Waals surface area contributed by atoms with Gasteiger partial charge < -0.3 is 4.57 Å². The summed E-state index contributed by atoms with van der Waals surface area (Å²) in [5, 5.41) is 24.8. The van der Waals surface area contributed by atoms with Gasteiger partial charge in [-0.05, 0) is 94.1 Å². The zero-order valence-electron chi connectivity index (χ0n) is 28.4. The fourth-order valence-corrected chi connectivity index (χ4v) is 9.43. The topological polar surface area (TPSA) is 64.8 Å². The molecule has 1 aliphatic carbocycles. The van der Waals surface area contributed by atoms with Crippen molar-refractivity contribution in [2.45, 2.75) is 31.3 Å². The third kappa shape index (κ3) is 5.26. The molecule has 0 spiro atoms. The maximum Gasteiger partial charge on any atom is 0.0991 e. The molecule has 6 aromatic carbocycles. The number of aromatic nitrogens is 1. The number of fused-ring (bicyclic) bond motifs is 6. The van der Waals surface area contributed by atoms with Crippen LogP contribution < -0.4 is 16.0 Å². The van der Waals surface area contributed by atoms with E-state index in [0.29, 0.717) is 5.56 Å². The summed E-state index contributed by atoms with van der Waals surface area (Å²) in [5.74, 6) is 0. The number of thiophene rings is 1. The molecule has 1 aliphatic heterocycles. The molecular weight excluding hydrogens is 655 g/mol. The maximum absolute atomic E-state index is 9.60. The summed E-state index contributed by atoms with van der Waals surface area (Å²) in [5.41, 5.74) is 11.5. The van der Waals surface area contributed by atoms with E-state index in [1.54, 1.807) is 0 Å². The summed E-state index contributed by atoms with van der Waals surface area (Å²) in [6.45, 7) is 0. The molecule has 3 heterocycles. The number of para-hydroxylation sites is 1. The molecule has 6 heteroatoms. The van der Waals surface area contributed by atoms with Gasteiger partial charge in [0.1, 0.15) is 0 Å². The van der Waals surface area contributed by atoms with Crippen molar-refractivity contribution in [3.8, 4) is 22.9 Å². The van der Waals surface area contributed by atoms with Crippen LogP contribution in [0.1, 0.15) is 57.6 Å². The maximum atomic E-state index is 9.60. The van der Waals surface area contributed by atoms with E-state index >= 15 is 0 Å². The second-order valence-electron chi connectivity index (χ2n) is 13.7. The van der Waals surface area contributed by atoms with Gasteiger partial charge in [-0.1, -0.05) is 109 Å². The van der Waals surface area contributed by atoms with Crippen LogP contribution in [0.15, 0.2) is 146 Å². The Labute approximate surface area is 306 Å². The molecular formula is C46H35N5S. The Hall–Kier alpha value is -5.81. The van der Waals surface area contributed by atoms with Crippen LogP contribution in [0, 0.1) is 11.3 Å². The molecule has 8 aromatic rings. The van der Waals surface area contributed by atoms with Crippen molar-refractivity contribution < 1.29 is 0 Å². The van der Waals surface area contributed by atoms with Gasteiger partial charge in [0.2, 0.25) is 0 Å². The lowest BCUT2D eigenvalue weighted by Crippen LogP contribution is -2.54. The highest BCUT2D eigenvalue weighted by atomic mass is 32.1. The molecule has 0 amide bonds. The smallest absolute Gasteiger partial charge is 0.0991 e. The fourth-order valence-electron chi connectivity index (χ4n) is 8.11. The average Bonchev–Trinajstić information content (AvgIpc) is 3.77. The second-order valence-corrected chi connectivity index (χ2v) is 14.7. The average molecular weight is 690 g/mol. The van der Waals surface area contributed by atoms with Crippen LogP contribution in [-0.4, -0.2) is 4.57 Å². The lowest BCUT2D eigenvalue weighted by Gasteiger charge is -2.39. The molecule has 0 bridgehead atoms. The van der Waals surface area contributed by atoms with Gasteiger partial charge in [-0.15, -0.1) is 11.3 Å². The van der Waals surface area contributed by atoms with Gasteiger partial charge in [0.25, 0.3) is 0 Å². The Morgan fingerprint density at radius 3 is 2.13 bits per heavy atom. The van der Waals surface area contributed by atoms with Crippen LogP contribution in [0.4, 0.5) is 0 Å². The van der Waals surface area contributed by atoms with Crippen molar-refractivity contribution in [3.63, 3.8) is 0 Å². The first-order valence-electron chi connectivity index (χ1n) is 17.9. The minimum absolute atomic E-state index is 0.0898. The van der Waals surface area contributed by atoms with Crippen LogP contribution in [-0.2, 0) is 6.42 Å². The van der Waals surface area contributed by atoms with E-state index in [9.17, 15) is 5.26 Å². The van der Waals surface area contributed by atoms with Crippen molar-refractivity contribution in [1.29, 1.82) is 5.26 Å². The molecule has 1 fully saturated rings. The first-order valence-corrected chi connectivity index (χ1v) is 18.7. The number of hydrogen-bond acceptors (Lipinski definition) is 5. The predicted molar refractivity (Wildman–Crippen MR) is 214 cm³/mol. The molecule has 2 aromatic heterocycles. The van der Waals surface area contributed by atoms with E-state index < -0.39 is 0 Å². The van der Waals surface area contributed by atoms with E-state index in [0.717, 1.165) is 35.2 Å². The lowest BCUT2D eigenvalue weighted by atomic mass is 9.97. The molecule has 52 heavy (non-hydrogen) atoms. The quantitative estimate of drug-likeness (QED) is 0.168. The molecule has 3 atom stereocenters. The highest BCUT2D eigenvalue weighted by Gasteiger charge is 2.30. The first-order chi connectivity index (χ1) is 25.7. The molecule has 3 N–H and O–H groups in total. The fraction of sp³-hybridized carbons (Fsp3) is 0.109. The van der Waals surface area contributed by atoms with Gasteiger partial charge in [-0.3, -0.25) is 16.0 Å². The number of aryl methyl sites for hydroxylation is 1. The van der Waals surface area contributed by atoms with Gasteiger partial charge in [-0.2, -0.15) is 5.26 Å². The third-order valence-electron chi connectivity index (χ3n) is 10.6. The van der Waals surface area contributed by atoms with E-state index in [4.69, 9.17) is 0 Å². The molecule has 2 aliphatic rings. The van der Waals surface area contributed by atoms with Gasteiger partial charge in [0.05, 0.1) is 41.2 Å². The predicted octanol–water partition coefficient (Wildman–Crippen LogP) is 10.7. The molecule has 0 saturated carbocycles. The summed E-state index contributed by atoms with van der Waals surface area (Å²) in [6.07, 6.45) is 6.46. The van der Waals surface area contributed by atoms with E-state index in [1.165, 1.54) is 53.5 Å². The highest BCUT2D eigenvalue weighted by Crippen LogP contribution is 2.42. The van der Waals surface area contributed by atoms with Crippen molar-refractivity contribution in [3.05, 3.63) is 178 Å². The standard InChI is InChI=1S/C46H35N5S/c47-28-29-10-8-13-33(26-29)46-49-44(30-11-2-1-3-12-30)48-45(50-46)31-20-23-34(24-21-31)51-40-18-6-4-14-36(40)37-25-22-32(27-41(37)51)35-16-9-17-39-38-15-5-7-19-42(38)52-43(35)39/h1-4,6-14,16-27,44-46,48-50H,5,15H2. The van der Waals surface area contributed by atoms with Gasteiger partial charge >= 0.3 is 0 Å². The number of nitriles is 1. The molecule has 3 unspecified atom stereocenters. The van der Waals surface area contributed by atoms with Crippen LogP contribution in [0.25, 0.3) is 54.8 Å². The van der Waals surface area contributed by atoms with Gasteiger partial charge in [0, 0.05) is 26.0 Å². The van der Waals surface area contributed by atoms with Crippen LogP contribution in [0.5, 0.6) is 0 Å². The molecule has 1 saturated heterocycles. The van der Waals surface area contributed by atoms with Crippen LogP contribution in [0.3, 0.4) is 0 Å². The van der Waals surface area contributed by atoms with Crippen molar-refractivity contribution in [2.75, 3.05) is 0 Å². The van der Waals surface area contributed by atoms with Crippen molar-refractivity contribution >= 4 is 49.3 Å². The Morgan fingerprint density at radius 1 is 0.615 bits per heavy atom. The van der Waals surface area contributed by atoms with E-state index in [1.807, 2.05) is 35.6 Å². The third-order valence-corrected chi connectivity index (χ3v) is 11.9. The SMILES string of the molecule is N#Cc1cccc(C2NC(c3ccccc3)NC(c3ccc(-n4c5ccccc5c5ccc(-c6cccc7c8c(sc67)C=CCC8)cc54)cc3)N2)c1. The summed E-state index contributed by atoms with van der Waals surface area (Å²) in [6, 6.07) is 52.0. The molecule has 5 nitrogen and oxygen atoms in total. The van der Waals surface area contributed by atoms with Crippen LogP contribution >= 0.6 is 11.3 Å². The highest BCUT2D eigenvalue weighted by molar-refractivity contribution is 7.20. The minimum Gasteiger partial charge on any atom is -0.309 e. The Morgan fingerprint density at radius 2 is 1.31 bits per heavy atom. The first kappa shape index (κ1) is 31.0. The lowest BCUT2D eigenvalue weighted by molar-refractivity contribution is 0.203.